The minimum Gasteiger partial charge on any atom is -0.356 e. The van der Waals surface area contributed by atoms with E-state index < -0.39 is 0 Å². The molecule has 1 amide bonds. The van der Waals surface area contributed by atoms with E-state index in [1.54, 1.807) is 0 Å². The normalized spacial score (nSPS) is 17.1. The monoisotopic (exact) mass is 248 g/mol. The third-order valence-electron chi connectivity index (χ3n) is 3.66. The van der Waals surface area contributed by atoms with Crippen molar-refractivity contribution < 1.29 is 4.79 Å². The predicted octanol–water partition coefficient (Wildman–Crippen LogP) is 2.10. The van der Waals surface area contributed by atoms with Gasteiger partial charge in [0.1, 0.15) is 0 Å². The standard InChI is InChI=1S/C12H24N2O.ClH/c1-3-12(7-5-8-12)10-14-11(15)6-4-9-13-2;/h13H,3-10H2,1-2H3,(H,14,15);1H. The molecule has 16 heavy (non-hydrogen) atoms. The fourth-order valence-corrected chi connectivity index (χ4v) is 2.13. The number of halogens is 1. The first kappa shape index (κ1) is 15.7. The van der Waals surface area contributed by atoms with Gasteiger partial charge in [0.15, 0.2) is 0 Å². The van der Waals surface area contributed by atoms with Crippen LogP contribution in [0.3, 0.4) is 0 Å². The lowest BCUT2D eigenvalue weighted by Crippen LogP contribution is -2.41. The molecule has 96 valence electrons. The van der Waals surface area contributed by atoms with E-state index in [1.165, 1.54) is 25.7 Å². The molecule has 0 heterocycles. The van der Waals surface area contributed by atoms with Gasteiger partial charge in [0.05, 0.1) is 0 Å². The van der Waals surface area contributed by atoms with Gasteiger partial charge in [-0.05, 0) is 44.7 Å². The van der Waals surface area contributed by atoms with Crippen LogP contribution in [0.5, 0.6) is 0 Å². The summed E-state index contributed by atoms with van der Waals surface area (Å²) in [7, 11) is 1.92. The lowest BCUT2D eigenvalue weighted by atomic mass is 9.67. The fourth-order valence-electron chi connectivity index (χ4n) is 2.13. The van der Waals surface area contributed by atoms with Gasteiger partial charge in [0, 0.05) is 13.0 Å². The summed E-state index contributed by atoms with van der Waals surface area (Å²) in [4.78, 5) is 11.5. The minimum atomic E-state index is 0. The SMILES string of the molecule is CCC1(CNC(=O)CCCNC)CCC1.Cl. The molecular weight excluding hydrogens is 224 g/mol. The highest BCUT2D eigenvalue weighted by atomic mass is 35.5. The van der Waals surface area contributed by atoms with Crippen LogP contribution in [0.15, 0.2) is 0 Å². The molecule has 0 aromatic rings. The molecule has 2 N–H and O–H groups in total. The van der Waals surface area contributed by atoms with Crippen molar-refractivity contribution in [1.82, 2.24) is 10.6 Å². The summed E-state index contributed by atoms with van der Waals surface area (Å²) < 4.78 is 0. The highest BCUT2D eigenvalue weighted by Crippen LogP contribution is 2.42. The van der Waals surface area contributed by atoms with Crippen LogP contribution in [-0.4, -0.2) is 26.0 Å². The van der Waals surface area contributed by atoms with Crippen LogP contribution in [0.1, 0.15) is 45.4 Å². The average Bonchev–Trinajstić information content (AvgIpc) is 2.17. The molecule has 0 bridgehead atoms. The topological polar surface area (TPSA) is 41.1 Å². The highest BCUT2D eigenvalue weighted by molar-refractivity contribution is 5.85. The van der Waals surface area contributed by atoms with E-state index in [2.05, 4.69) is 17.6 Å². The first-order chi connectivity index (χ1) is 7.22. The summed E-state index contributed by atoms with van der Waals surface area (Å²) in [6.07, 6.45) is 6.70. The molecule has 1 aliphatic rings. The van der Waals surface area contributed by atoms with E-state index in [0.29, 0.717) is 11.8 Å². The van der Waals surface area contributed by atoms with Crippen LogP contribution in [0.4, 0.5) is 0 Å². The number of nitrogens with one attached hydrogen (secondary N) is 2. The molecule has 0 aliphatic heterocycles. The van der Waals surface area contributed by atoms with Crippen molar-refractivity contribution in [2.24, 2.45) is 5.41 Å². The van der Waals surface area contributed by atoms with Gasteiger partial charge in [-0.2, -0.15) is 0 Å². The Morgan fingerprint density at radius 1 is 1.38 bits per heavy atom. The molecule has 0 aromatic carbocycles. The van der Waals surface area contributed by atoms with Crippen molar-refractivity contribution in [2.45, 2.75) is 45.4 Å². The number of carbonyl (C=O) groups excluding carboxylic acids is 1. The van der Waals surface area contributed by atoms with Gasteiger partial charge in [-0.3, -0.25) is 4.79 Å². The number of amides is 1. The maximum atomic E-state index is 11.5. The van der Waals surface area contributed by atoms with E-state index in [0.717, 1.165) is 19.5 Å². The zero-order valence-electron chi connectivity index (χ0n) is 10.5. The fraction of sp³-hybridized carbons (Fsp3) is 0.917. The predicted molar refractivity (Wildman–Crippen MR) is 70.0 cm³/mol. The summed E-state index contributed by atoms with van der Waals surface area (Å²) in [6, 6.07) is 0. The first-order valence-electron chi connectivity index (χ1n) is 6.14. The quantitative estimate of drug-likeness (QED) is 0.678. The zero-order valence-corrected chi connectivity index (χ0v) is 11.3. The molecule has 0 saturated heterocycles. The summed E-state index contributed by atoms with van der Waals surface area (Å²) >= 11 is 0. The molecule has 0 spiro atoms. The van der Waals surface area contributed by atoms with Gasteiger partial charge in [0.2, 0.25) is 5.91 Å². The number of hydrogen-bond donors (Lipinski definition) is 2. The van der Waals surface area contributed by atoms with Crippen LogP contribution in [-0.2, 0) is 4.79 Å². The summed E-state index contributed by atoms with van der Waals surface area (Å²) in [5, 5.41) is 6.12. The number of hydrogen-bond acceptors (Lipinski definition) is 2. The van der Waals surface area contributed by atoms with Crippen molar-refractivity contribution in [2.75, 3.05) is 20.1 Å². The maximum Gasteiger partial charge on any atom is 0.220 e. The summed E-state index contributed by atoms with van der Waals surface area (Å²) in [5.74, 6) is 0.213. The van der Waals surface area contributed by atoms with Crippen LogP contribution < -0.4 is 10.6 Å². The Morgan fingerprint density at radius 2 is 2.06 bits per heavy atom. The first-order valence-corrected chi connectivity index (χ1v) is 6.14. The van der Waals surface area contributed by atoms with Crippen LogP contribution in [0.25, 0.3) is 0 Å². The highest BCUT2D eigenvalue weighted by Gasteiger charge is 2.34. The van der Waals surface area contributed by atoms with E-state index in [1.807, 2.05) is 7.05 Å². The Kier molecular flexibility index (Phi) is 7.77. The van der Waals surface area contributed by atoms with Gasteiger partial charge in [-0.1, -0.05) is 13.3 Å². The Labute approximate surface area is 105 Å². The van der Waals surface area contributed by atoms with Crippen molar-refractivity contribution in [1.29, 1.82) is 0 Å². The third-order valence-corrected chi connectivity index (χ3v) is 3.66. The van der Waals surface area contributed by atoms with E-state index in [4.69, 9.17) is 0 Å². The van der Waals surface area contributed by atoms with Crippen LogP contribution >= 0.6 is 12.4 Å². The second-order valence-electron chi connectivity index (χ2n) is 4.69. The Morgan fingerprint density at radius 3 is 2.50 bits per heavy atom. The van der Waals surface area contributed by atoms with Crippen molar-refractivity contribution in [3.63, 3.8) is 0 Å². The molecule has 1 rings (SSSR count). The molecule has 4 heteroatoms. The van der Waals surface area contributed by atoms with Gasteiger partial charge >= 0.3 is 0 Å². The molecular formula is C12H25ClN2O. The second kappa shape index (κ2) is 7.91. The van der Waals surface area contributed by atoms with E-state index in [-0.39, 0.29) is 18.3 Å². The molecule has 3 nitrogen and oxygen atoms in total. The van der Waals surface area contributed by atoms with Gasteiger partial charge < -0.3 is 10.6 Å². The van der Waals surface area contributed by atoms with Crippen molar-refractivity contribution >= 4 is 18.3 Å². The molecule has 0 unspecified atom stereocenters. The number of carbonyl (C=O) groups is 1. The molecule has 1 fully saturated rings. The Hall–Kier alpha value is -0.280. The van der Waals surface area contributed by atoms with Gasteiger partial charge in [-0.25, -0.2) is 0 Å². The second-order valence-corrected chi connectivity index (χ2v) is 4.69. The lowest BCUT2D eigenvalue weighted by molar-refractivity contribution is -0.122. The molecule has 1 saturated carbocycles. The van der Waals surface area contributed by atoms with E-state index >= 15 is 0 Å². The Bertz CT molecular complexity index is 200. The molecule has 0 radical (unpaired) electrons. The lowest BCUT2D eigenvalue weighted by Gasteiger charge is -2.41. The maximum absolute atomic E-state index is 11.5. The zero-order chi connectivity index (χ0) is 11.1. The van der Waals surface area contributed by atoms with Crippen LogP contribution in [0, 0.1) is 5.41 Å². The Balaban J connectivity index is 0.00000225. The summed E-state index contributed by atoms with van der Waals surface area (Å²) in [5.41, 5.74) is 0.443. The number of rotatable bonds is 7. The van der Waals surface area contributed by atoms with Crippen molar-refractivity contribution in [3.05, 3.63) is 0 Å². The van der Waals surface area contributed by atoms with Gasteiger partial charge in [0.25, 0.3) is 0 Å². The minimum absolute atomic E-state index is 0. The third kappa shape index (κ3) is 4.71. The average molecular weight is 249 g/mol. The smallest absolute Gasteiger partial charge is 0.220 e. The van der Waals surface area contributed by atoms with Crippen molar-refractivity contribution in [3.8, 4) is 0 Å². The molecule has 1 aliphatic carbocycles. The summed E-state index contributed by atoms with van der Waals surface area (Å²) in [6.45, 7) is 4.04. The van der Waals surface area contributed by atoms with E-state index in [9.17, 15) is 4.79 Å². The molecule has 0 aromatic heterocycles. The van der Waals surface area contributed by atoms with Crippen LogP contribution in [0.2, 0.25) is 0 Å². The largest absolute Gasteiger partial charge is 0.356 e. The molecule has 0 atom stereocenters. The van der Waals surface area contributed by atoms with Gasteiger partial charge in [-0.15, -0.1) is 12.4 Å².